The van der Waals surface area contributed by atoms with Crippen molar-refractivity contribution >= 4 is 11.9 Å². The molecule has 49 heavy (non-hydrogen) atoms. The lowest BCUT2D eigenvalue weighted by molar-refractivity contribution is -0.206. The highest BCUT2D eigenvalue weighted by molar-refractivity contribution is 5.92. The Balaban J connectivity index is 1.48. The fourth-order valence-electron chi connectivity index (χ4n) is 5.43. The van der Waals surface area contributed by atoms with E-state index >= 15 is 0 Å². The number of carbonyl (C=O) groups excluding carboxylic acids is 2. The molecule has 0 aromatic heterocycles. The molecule has 0 aliphatic carbocycles. The summed E-state index contributed by atoms with van der Waals surface area (Å²) in [7, 11) is 0. The summed E-state index contributed by atoms with van der Waals surface area (Å²) in [6, 6.07) is 17.1. The van der Waals surface area contributed by atoms with Crippen LogP contribution in [0.15, 0.2) is 66.7 Å². The Morgan fingerprint density at radius 1 is 0.633 bits per heavy atom. The number of unbranched alkanes of at least 4 members (excludes halogenated alkanes) is 12. The first-order chi connectivity index (χ1) is 23.6. The molecule has 3 aromatic carbocycles. The van der Waals surface area contributed by atoms with Gasteiger partial charge in [-0.1, -0.05) is 115 Å². The van der Waals surface area contributed by atoms with E-state index < -0.39 is 41.3 Å². The molecule has 5 nitrogen and oxygen atoms in total. The van der Waals surface area contributed by atoms with E-state index in [9.17, 15) is 27.2 Å². The van der Waals surface area contributed by atoms with Crippen molar-refractivity contribution in [2.75, 3.05) is 6.61 Å². The van der Waals surface area contributed by atoms with Crippen molar-refractivity contribution in [2.45, 2.75) is 122 Å². The third-order valence-corrected chi connectivity index (χ3v) is 8.38. The molecule has 0 aliphatic heterocycles. The minimum atomic E-state index is -4.74. The van der Waals surface area contributed by atoms with E-state index in [0.717, 1.165) is 67.5 Å². The topological polar surface area (TPSA) is 61.8 Å². The smallest absolute Gasteiger partial charge is 0.425 e. The van der Waals surface area contributed by atoms with Gasteiger partial charge in [-0.25, -0.2) is 14.0 Å². The SMILES string of the molecule is CCCCCCCCCCOc1ccc(-c2ccc(C(=O)Oc3ccc(C(=O)OC(CCCCCCCC)C(F)(F)F)cc3F)cc2)cc1. The molecule has 0 N–H and O–H groups in total. The van der Waals surface area contributed by atoms with Crippen LogP contribution in [0.25, 0.3) is 11.1 Å². The number of alkyl halides is 3. The fraction of sp³-hybridized carbons (Fsp3) is 0.500. The average molecular weight is 687 g/mol. The number of hydrogen-bond donors (Lipinski definition) is 0. The Hall–Kier alpha value is -3.88. The van der Waals surface area contributed by atoms with Crippen molar-refractivity contribution in [3.8, 4) is 22.6 Å². The third-order valence-electron chi connectivity index (χ3n) is 8.38. The second kappa shape index (κ2) is 21.3. The maximum Gasteiger partial charge on any atom is 0.425 e. The molecule has 9 heteroatoms. The second-order valence-corrected chi connectivity index (χ2v) is 12.5. The van der Waals surface area contributed by atoms with Gasteiger partial charge in [0.1, 0.15) is 5.75 Å². The molecule has 0 heterocycles. The van der Waals surface area contributed by atoms with Crippen molar-refractivity contribution in [1.29, 1.82) is 0 Å². The van der Waals surface area contributed by atoms with Crippen molar-refractivity contribution < 1.29 is 41.4 Å². The van der Waals surface area contributed by atoms with Crippen LogP contribution in [0.2, 0.25) is 0 Å². The Morgan fingerprint density at radius 2 is 1.14 bits per heavy atom. The molecular formula is C40H50F4O5. The van der Waals surface area contributed by atoms with Gasteiger partial charge in [0, 0.05) is 0 Å². The maximum atomic E-state index is 14.8. The van der Waals surface area contributed by atoms with Crippen molar-refractivity contribution in [1.82, 2.24) is 0 Å². The van der Waals surface area contributed by atoms with Gasteiger partial charge in [0.05, 0.1) is 17.7 Å². The van der Waals surface area contributed by atoms with Gasteiger partial charge in [-0.15, -0.1) is 0 Å². The number of halogens is 4. The molecule has 0 saturated heterocycles. The van der Waals surface area contributed by atoms with E-state index in [1.807, 2.05) is 31.2 Å². The van der Waals surface area contributed by atoms with Crippen molar-refractivity contribution in [3.05, 3.63) is 83.7 Å². The normalized spacial score (nSPS) is 12.0. The lowest BCUT2D eigenvalue weighted by Crippen LogP contribution is -2.34. The summed E-state index contributed by atoms with van der Waals surface area (Å²) in [4.78, 5) is 25.2. The molecule has 0 radical (unpaired) electrons. The predicted molar refractivity (Wildman–Crippen MR) is 185 cm³/mol. The monoisotopic (exact) mass is 686 g/mol. The summed E-state index contributed by atoms with van der Waals surface area (Å²) in [6.45, 7) is 4.95. The van der Waals surface area contributed by atoms with E-state index in [1.165, 1.54) is 38.5 Å². The minimum absolute atomic E-state index is 0.166. The fourth-order valence-corrected chi connectivity index (χ4v) is 5.43. The van der Waals surface area contributed by atoms with Gasteiger partial charge in [0.15, 0.2) is 17.7 Å². The predicted octanol–water partition coefficient (Wildman–Crippen LogP) is 12.1. The van der Waals surface area contributed by atoms with Gasteiger partial charge < -0.3 is 14.2 Å². The van der Waals surface area contributed by atoms with Gasteiger partial charge in [-0.2, -0.15) is 13.2 Å². The molecule has 0 spiro atoms. The van der Waals surface area contributed by atoms with Gasteiger partial charge in [0.2, 0.25) is 0 Å². The summed E-state index contributed by atoms with van der Waals surface area (Å²) in [6.07, 6.45) is 7.17. The molecule has 0 bridgehead atoms. The van der Waals surface area contributed by atoms with E-state index in [4.69, 9.17) is 14.2 Å². The van der Waals surface area contributed by atoms with Gasteiger partial charge in [0.25, 0.3) is 0 Å². The molecule has 3 aromatic rings. The number of rotatable bonds is 22. The Bertz CT molecular complexity index is 1400. The van der Waals surface area contributed by atoms with Crippen LogP contribution in [0, 0.1) is 5.82 Å². The van der Waals surface area contributed by atoms with E-state index in [2.05, 4.69) is 6.92 Å². The quantitative estimate of drug-likeness (QED) is 0.0456. The number of benzene rings is 3. The van der Waals surface area contributed by atoms with E-state index in [1.54, 1.807) is 24.3 Å². The van der Waals surface area contributed by atoms with Crippen LogP contribution in [0.1, 0.15) is 131 Å². The summed E-state index contributed by atoms with van der Waals surface area (Å²) < 4.78 is 71.1. The number of hydrogen-bond acceptors (Lipinski definition) is 5. The van der Waals surface area contributed by atoms with Crippen LogP contribution in [-0.4, -0.2) is 30.8 Å². The lowest BCUT2D eigenvalue weighted by Gasteiger charge is -2.20. The molecule has 0 aliphatic rings. The van der Waals surface area contributed by atoms with Gasteiger partial charge >= 0.3 is 18.1 Å². The summed E-state index contributed by atoms with van der Waals surface area (Å²) >= 11 is 0. The summed E-state index contributed by atoms with van der Waals surface area (Å²) in [5.74, 6) is -2.89. The largest absolute Gasteiger partial charge is 0.494 e. The Kier molecular flexibility index (Phi) is 17.2. The minimum Gasteiger partial charge on any atom is -0.494 e. The third kappa shape index (κ3) is 14.2. The number of carbonyl (C=O) groups is 2. The lowest BCUT2D eigenvalue weighted by atomic mass is 10.0. The van der Waals surface area contributed by atoms with Crippen LogP contribution >= 0.6 is 0 Å². The molecule has 1 unspecified atom stereocenters. The van der Waals surface area contributed by atoms with E-state index in [-0.39, 0.29) is 18.4 Å². The Labute approximate surface area is 288 Å². The highest BCUT2D eigenvalue weighted by Gasteiger charge is 2.42. The van der Waals surface area contributed by atoms with Crippen LogP contribution in [0.4, 0.5) is 17.6 Å². The maximum absolute atomic E-state index is 14.8. The molecule has 0 amide bonds. The van der Waals surface area contributed by atoms with Crippen LogP contribution in [0.5, 0.6) is 11.5 Å². The first-order valence-electron chi connectivity index (χ1n) is 17.7. The zero-order valence-corrected chi connectivity index (χ0v) is 28.8. The molecule has 3 rings (SSSR count). The zero-order valence-electron chi connectivity index (χ0n) is 28.8. The van der Waals surface area contributed by atoms with Crippen LogP contribution in [-0.2, 0) is 4.74 Å². The van der Waals surface area contributed by atoms with Gasteiger partial charge in [-0.05, 0) is 72.9 Å². The van der Waals surface area contributed by atoms with Crippen molar-refractivity contribution in [2.24, 2.45) is 0 Å². The first kappa shape index (κ1) is 39.6. The molecule has 1 atom stereocenters. The molecule has 0 fully saturated rings. The second-order valence-electron chi connectivity index (χ2n) is 12.5. The number of ether oxygens (including phenoxy) is 3. The highest BCUT2D eigenvalue weighted by atomic mass is 19.4. The summed E-state index contributed by atoms with van der Waals surface area (Å²) in [5, 5.41) is 0. The molecular weight excluding hydrogens is 636 g/mol. The molecule has 268 valence electrons. The first-order valence-corrected chi connectivity index (χ1v) is 17.7. The van der Waals surface area contributed by atoms with E-state index in [0.29, 0.717) is 19.1 Å². The molecule has 0 saturated carbocycles. The van der Waals surface area contributed by atoms with Crippen LogP contribution in [0.3, 0.4) is 0 Å². The standard InChI is InChI=1S/C40H50F4O5/c1-3-5-7-9-11-12-14-16-28-47-34-25-22-31(23-26-34)30-18-20-32(21-19-30)38(45)48-36-27-24-33(29-35(36)41)39(46)49-37(40(42,43)44)17-15-13-10-8-6-4-2/h18-27,29,37H,3-17,28H2,1-2H3. The highest BCUT2D eigenvalue weighted by Crippen LogP contribution is 2.29. The number of esters is 2. The van der Waals surface area contributed by atoms with Gasteiger partial charge in [-0.3, -0.25) is 0 Å². The van der Waals surface area contributed by atoms with Crippen molar-refractivity contribution in [3.63, 3.8) is 0 Å². The Morgan fingerprint density at radius 3 is 1.69 bits per heavy atom. The average Bonchev–Trinajstić information content (AvgIpc) is 3.09. The summed E-state index contributed by atoms with van der Waals surface area (Å²) in [5.41, 5.74) is 1.53. The van der Waals surface area contributed by atoms with Crippen LogP contribution < -0.4 is 9.47 Å². The zero-order chi connectivity index (χ0) is 35.5.